The molecule has 10 aromatic rings. The molecule has 2 aliphatic heterocycles. The van der Waals surface area contributed by atoms with E-state index in [0.29, 0.717) is 68.8 Å². The average molecular weight is 1170 g/mol. The van der Waals surface area contributed by atoms with E-state index in [1.54, 1.807) is 48.5 Å². The van der Waals surface area contributed by atoms with E-state index in [4.69, 9.17) is 32.7 Å². The lowest BCUT2D eigenvalue weighted by atomic mass is 9.99. The molecule has 2 unspecified atom stereocenters. The Morgan fingerprint density at radius 3 is 1.38 bits per heavy atom. The summed E-state index contributed by atoms with van der Waals surface area (Å²) in [5, 5.41) is 9.31. The van der Waals surface area contributed by atoms with Crippen LogP contribution in [0, 0.1) is 11.6 Å². The molecule has 6 aromatic carbocycles. The number of rotatable bonds is 20. The molecule has 19 heteroatoms. The lowest BCUT2D eigenvalue weighted by molar-refractivity contribution is -0.132. The number of anilines is 4. The van der Waals surface area contributed by atoms with Crippen molar-refractivity contribution in [2.75, 3.05) is 77.1 Å². The van der Waals surface area contributed by atoms with Gasteiger partial charge in [-0.3, -0.25) is 14.6 Å². The van der Waals surface area contributed by atoms with Crippen LogP contribution in [0.15, 0.2) is 171 Å². The maximum atomic E-state index is 15.7. The van der Waals surface area contributed by atoms with E-state index in [1.165, 1.54) is 36.9 Å². The predicted molar refractivity (Wildman–Crippen MR) is 328 cm³/mol. The van der Waals surface area contributed by atoms with Crippen molar-refractivity contribution >= 4 is 73.8 Å². The molecule has 2 aliphatic rings. The molecule has 4 aromatic heterocycles. The normalized spacial score (nSPS) is 15.3. The number of ether oxygens (including phenoxy) is 2. The number of carbonyl (C=O) groups is 1. The first-order valence-corrected chi connectivity index (χ1v) is 28.8. The molecule has 0 saturated carbocycles. The minimum absolute atomic E-state index is 0.175. The predicted octanol–water partition coefficient (Wildman–Crippen LogP) is 12.2. The number of benzene rings is 6. The number of nitrogens with one attached hydrogen (secondary N) is 2. The summed E-state index contributed by atoms with van der Waals surface area (Å²) in [5.74, 6) is 1.75. The van der Waals surface area contributed by atoms with Gasteiger partial charge < -0.3 is 39.0 Å². The van der Waals surface area contributed by atoms with Gasteiger partial charge in [-0.1, -0.05) is 59.6 Å². The number of hydrogen-bond donors (Lipinski definition) is 2. The third-order valence-corrected chi connectivity index (χ3v) is 16.4. The minimum atomic E-state index is -0.380. The number of fused-ring (bicyclic) bond motifs is 2. The van der Waals surface area contributed by atoms with Gasteiger partial charge in [-0.05, 0) is 145 Å². The van der Waals surface area contributed by atoms with Gasteiger partial charge in [-0.15, -0.1) is 0 Å². The van der Waals surface area contributed by atoms with E-state index >= 15 is 4.79 Å². The van der Waals surface area contributed by atoms with Gasteiger partial charge in [0.1, 0.15) is 60.6 Å². The van der Waals surface area contributed by atoms with E-state index in [0.717, 1.165) is 96.4 Å². The van der Waals surface area contributed by atoms with E-state index in [1.807, 2.05) is 24.3 Å². The summed E-state index contributed by atoms with van der Waals surface area (Å²) in [7, 11) is 4.28. The zero-order chi connectivity index (χ0) is 57.7. The first-order chi connectivity index (χ1) is 40.9. The Morgan fingerprint density at radius 2 is 0.964 bits per heavy atom. The number of nitrogens with zero attached hydrogens (tertiary/aromatic N) is 10. The smallest absolute Gasteiger partial charge is 0.170 e. The molecule has 2 N–H and O–H groups in total. The summed E-state index contributed by atoms with van der Waals surface area (Å²) >= 11 is 13.4. The molecular weight excluding hydrogens is 1110 g/mol. The van der Waals surface area contributed by atoms with Crippen LogP contribution in [-0.4, -0.2) is 133 Å². The van der Waals surface area contributed by atoms with Gasteiger partial charge >= 0.3 is 0 Å². The van der Waals surface area contributed by atoms with Gasteiger partial charge in [0.2, 0.25) is 0 Å². The van der Waals surface area contributed by atoms with E-state index in [-0.39, 0.29) is 42.7 Å². The number of likely N-dealkylation sites (N-methyl/N-ethyl adjacent to an activating group) is 2. The Kier molecular flexibility index (Phi) is 16.9. The third-order valence-electron chi connectivity index (χ3n) is 15.8. The van der Waals surface area contributed by atoms with Crippen LogP contribution in [0.25, 0.3) is 44.1 Å². The first kappa shape index (κ1) is 56.2. The van der Waals surface area contributed by atoms with Crippen molar-refractivity contribution in [3.8, 4) is 33.8 Å². The highest BCUT2D eigenvalue weighted by Gasteiger charge is 2.37. The molecule has 2 fully saturated rings. The van der Waals surface area contributed by atoms with Gasteiger partial charge in [0.25, 0.3) is 0 Å². The maximum absolute atomic E-state index is 15.7. The second kappa shape index (κ2) is 25.3. The molecule has 0 bridgehead atoms. The maximum Gasteiger partial charge on any atom is 0.170 e. The number of aromatic nitrogens is 6. The molecule has 12 rings (SSSR count). The highest BCUT2D eigenvalue weighted by Crippen LogP contribution is 2.35. The van der Waals surface area contributed by atoms with Crippen molar-refractivity contribution in [2.24, 2.45) is 0 Å². The summed E-state index contributed by atoms with van der Waals surface area (Å²) in [4.78, 5) is 43.5. The van der Waals surface area contributed by atoms with Crippen LogP contribution in [0.5, 0.6) is 11.5 Å². The standard InChI is InChI=1S/C65H62Cl2F2N12O3/c1-76-21-25-80(26-22-76)59(37-78-19-17-47(35-78)45-9-13-57-53(31-45)64(72-41-70-57)74-51-11-15-61(55(66)33-51)83-39-43-5-3-7-49(68)29-43)63(82)60(81-27-23-77(2)24-28-81)38-79-20-18-48(36-79)46-10-14-58-54(32-46)65(73-42-71-58)75-52-12-16-62(56(67)34-52)84-40-44-6-4-8-50(69)30-44/h3-20,29-36,41-42,59-60H,21-28,37-40H2,1-2H3,(H,70,72,74)(H,71,73,75). The quantitative estimate of drug-likeness (QED) is 0.0751. The molecule has 84 heavy (non-hydrogen) atoms. The molecule has 0 spiro atoms. The number of carbonyl (C=O) groups excluding carboxylic acids is 1. The number of piperazine rings is 2. The molecular formula is C65H62Cl2F2N12O3. The van der Waals surface area contributed by atoms with Gasteiger partial charge in [0.05, 0.1) is 33.2 Å². The molecule has 15 nitrogen and oxygen atoms in total. The largest absolute Gasteiger partial charge is 0.487 e. The lowest BCUT2D eigenvalue weighted by Crippen LogP contribution is -2.60. The van der Waals surface area contributed by atoms with Crippen LogP contribution in [0.1, 0.15) is 11.1 Å². The Hall–Kier alpha value is -8.29. The average Bonchev–Trinajstić information content (AvgIpc) is 4.25. The number of halogens is 4. The SMILES string of the molecule is CN1CCN(C(Cn2ccc(-c3ccc4ncnc(Nc5ccc(OCc6cccc(F)c6)c(Cl)c5)c4c3)c2)C(=O)C(Cn2ccc(-c3ccc4ncnc(Nc5ccc(OCc6cccc(F)c6)c(Cl)c5)c4c3)c2)N2CCN(C)CC2)CC1. The Balaban J connectivity index is 0.765. The second-order valence-electron chi connectivity index (χ2n) is 21.6. The van der Waals surface area contributed by atoms with Gasteiger partial charge in [0, 0.05) is 112 Å². The molecule has 0 radical (unpaired) electrons. The van der Waals surface area contributed by atoms with Crippen molar-refractivity contribution in [3.05, 3.63) is 204 Å². The fourth-order valence-corrected chi connectivity index (χ4v) is 11.5. The molecule has 428 valence electrons. The van der Waals surface area contributed by atoms with Crippen molar-refractivity contribution in [1.82, 2.24) is 48.7 Å². The summed E-state index contributed by atoms with van der Waals surface area (Å²) in [6.07, 6.45) is 11.5. The van der Waals surface area contributed by atoms with Gasteiger partial charge in [-0.2, -0.15) is 0 Å². The molecule has 0 aliphatic carbocycles. The second-order valence-corrected chi connectivity index (χ2v) is 22.4. The molecule has 2 atom stereocenters. The number of Topliss-reactive ketones (excluding diaryl/α,β-unsaturated/α-hetero) is 1. The summed E-state index contributed by atoms with van der Waals surface area (Å²) in [5.41, 5.74) is 8.33. The summed E-state index contributed by atoms with van der Waals surface area (Å²) in [6.45, 7) is 7.97. The van der Waals surface area contributed by atoms with Crippen LogP contribution in [0.4, 0.5) is 31.8 Å². The summed E-state index contributed by atoms with van der Waals surface area (Å²) in [6, 6.07) is 39.1. The Morgan fingerprint density at radius 1 is 0.524 bits per heavy atom. The highest BCUT2D eigenvalue weighted by molar-refractivity contribution is 6.32. The molecule has 2 saturated heterocycles. The van der Waals surface area contributed by atoms with Crippen LogP contribution in [0.3, 0.4) is 0 Å². The fourth-order valence-electron chi connectivity index (χ4n) is 11.0. The van der Waals surface area contributed by atoms with Crippen molar-refractivity contribution in [3.63, 3.8) is 0 Å². The molecule has 0 amide bonds. The first-order valence-electron chi connectivity index (χ1n) is 28.0. The van der Waals surface area contributed by atoms with Crippen LogP contribution in [-0.2, 0) is 31.1 Å². The van der Waals surface area contributed by atoms with E-state index in [2.05, 4.69) is 135 Å². The Bertz CT molecular complexity index is 3720. The van der Waals surface area contributed by atoms with Crippen LogP contribution >= 0.6 is 23.2 Å². The van der Waals surface area contributed by atoms with Crippen molar-refractivity contribution in [1.29, 1.82) is 0 Å². The van der Waals surface area contributed by atoms with Crippen molar-refractivity contribution in [2.45, 2.75) is 38.4 Å². The van der Waals surface area contributed by atoms with Crippen LogP contribution in [0.2, 0.25) is 10.0 Å². The zero-order valence-electron chi connectivity index (χ0n) is 46.5. The fraction of sp³-hybridized carbons (Fsp3) is 0.246. The Labute approximate surface area is 496 Å². The van der Waals surface area contributed by atoms with E-state index < -0.39 is 0 Å². The minimum Gasteiger partial charge on any atom is -0.487 e. The molecule has 6 heterocycles. The third kappa shape index (κ3) is 13.2. The number of hydrogen-bond acceptors (Lipinski definition) is 13. The van der Waals surface area contributed by atoms with Crippen molar-refractivity contribution < 1.29 is 23.0 Å². The monoisotopic (exact) mass is 1170 g/mol. The van der Waals surface area contributed by atoms with Gasteiger partial charge in [0.15, 0.2) is 5.78 Å². The highest BCUT2D eigenvalue weighted by atomic mass is 35.5. The summed E-state index contributed by atoms with van der Waals surface area (Å²) < 4.78 is 43.7. The van der Waals surface area contributed by atoms with Gasteiger partial charge in [-0.25, -0.2) is 28.7 Å². The van der Waals surface area contributed by atoms with Crippen LogP contribution < -0.4 is 20.1 Å². The number of ketones is 1. The zero-order valence-corrected chi connectivity index (χ0v) is 48.0. The topological polar surface area (TPSA) is 134 Å². The van der Waals surface area contributed by atoms with E-state index in [9.17, 15) is 8.78 Å². The lowest BCUT2D eigenvalue weighted by Gasteiger charge is -2.42.